The maximum absolute atomic E-state index is 11.4. The highest BCUT2D eigenvalue weighted by atomic mass is 16.4. The molecule has 0 aromatic heterocycles. The van der Waals surface area contributed by atoms with Gasteiger partial charge in [0, 0.05) is 11.6 Å². The quantitative estimate of drug-likeness (QED) is 0.531. The molecule has 5 nitrogen and oxygen atoms in total. The molecule has 1 aromatic rings. The smallest absolute Gasteiger partial charge is 0.328 e. The number of anilines is 1. The summed E-state index contributed by atoms with van der Waals surface area (Å²) >= 11 is 0. The molecular weight excluding hydrogens is 210 g/mol. The number of nitrogens with one attached hydrogen (secondary N) is 1. The lowest BCUT2D eigenvalue weighted by Gasteiger charge is -2.06. The van der Waals surface area contributed by atoms with Gasteiger partial charge in [-0.3, -0.25) is 4.79 Å². The molecule has 0 atom stereocenters. The number of phenolic OH excluding ortho intramolecular Hbond substituents is 1. The topological polar surface area (TPSA) is 86.6 Å². The number of carboxylic acids is 1. The van der Waals surface area contributed by atoms with Crippen LogP contribution in [0.1, 0.15) is 6.92 Å². The van der Waals surface area contributed by atoms with Gasteiger partial charge in [0.2, 0.25) is 0 Å². The highest BCUT2D eigenvalue weighted by Crippen LogP contribution is 2.21. The van der Waals surface area contributed by atoms with Gasteiger partial charge in [-0.2, -0.15) is 0 Å². The van der Waals surface area contributed by atoms with Crippen LogP contribution in [0.4, 0.5) is 5.69 Å². The van der Waals surface area contributed by atoms with Crippen LogP contribution in [0, 0.1) is 0 Å². The normalized spacial score (nSPS) is 10.9. The van der Waals surface area contributed by atoms with Crippen LogP contribution in [0.5, 0.6) is 5.75 Å². The van der Waals surface area contributed by atoms with Crippen molar-refractivity contribution in [2.75, 3.05) is 5.32 Å². The van der Waals surface area contributed by atoms with Crippen molar-refractivity contribution in [3.8, 4) is 5.75 Å². The summed E-state index contributed by atoms with van der Waals surface area (Å²) in [6.07, 6.45) is 0.801. The molecule has 0 aliphatic heterocycles. The largest absolute Gasteiger partial charge is 0.506 e. The van der Waals surface area contributed by atoms with Crippen LogP contribution in [0.25, 0.3) is 0 Å². The molecule has 1 rings (SSSR count). The number of amides is 1. The summed E-state index contributed by atoms with van der Waals surface area (Å²) < 4.78 is 0. The van der Waals surface area contributed by atoms with Crippen LogP contribution >= 0.6 is 0 Å². The molecule has 0 aliphatic carbocycles. The van der Waals surface area contributed by atoms with Crippen molar-refractivity contribution >= 4 is 17.6 Å². The van der Waals surface area contributed by atoms with E-state index in [1.54, 1.807) is 12.1 Å². The second-order valence-corrected chi connectivity index (χ2v) is 3.14. The lowest BCUT2D eigenvalue weighted by molar-refractivity contribution is -0.131. The van der Waals surface area contributed by atoms with E-state index in [2.05, 4.69) is 5.32 Å². The number of benzene rings is 1. The fraction of sp³-hybridized carbons (Fsp3) is 0.0909. The minimum absolute atomic E-state index is 0.0516. The number of aromatic hydroxyl groups is 1. The zero-order chi connectivity index (χ0) is 12.1. The van der Waals surface area contributed by atoms with E-state index in [1.165, 1.54) is 19.1 Å². The van der Waals surface area contributed by atoms with E-state index in [0.717, 1.165) is 6.08 Å². The number of carbonyl (C=O) groups excluding carboxylic acids is 1. The SMILES string of the molecule is C/C(=C/C(=O)O)C(=O)Nc1ccccc1O. The van der Waals surface area contributed by atoms with Crippen molar-refractivity contribution < 1.29 is 19.8 Å². The Bertz CT molecular complexity index is 451. The van der Waals surface area contributed by atoms with E-state index >= 15 is 0 Å². The molecule has 0 radical (unpaired) electrons. The molecule has 0 saturated heterocycles. The Balaban J connectivity index is 2.80. The molecule has 1 aromatic carbocycles. The number of rotatable bonds is 3. The first-order valence-corrected chi connectivity index (χ1v) is 4.51. The van der Waals surface area contributed by atoms with Gasteiger partial charge in [0.05, 0.1) is 5.69 Å². The maximum Gasteiger partial charge on any atom is 0.328 e. The third kappa shape index (κ3) is 3.13. The van der Waals surface area contributed by atoms with E-state index in [4.69, 9.17) is 5.11 Å². The average molecular weight is 221 g/mol. The van der Waals surface area contributed by atoms with Crippen molar-refractivity contribution in [1.29, 1.82) is 0 Å². The third-order valence-electron chi connectivity index (χ3n) is 1.85. The number of carboxylic acid groups (broad SMARTS) is 1. The van der Waals surface area contributed by atoms with Gasteiger partial charge in [-0.15, -0.1) is 0 Å². The molecule has 5 heteroatoms. The van der Waals surface area contributed by atoms with Gasteiger partial charge < -0.3 is 15.5 Å². The van der Waals surface area contributed by atoms with E-state index in [1.807, 2.05) is 0 Å². The van der Waals surface area contributed by atoms with E-state index in [-0.39, 0.29) is 17.0 Å². The fourth-order valence-electron chi connectivity index (χ4n) is 1.05. The summed E-state index contributed by atoms with van der Waals surface area (Å²) in [6, 6.07) is 6.20. The molecule has 0 fully saturated rings. The number of aliphatic carboxylic acids is 1. The molecule has 0 saturated carbocycles. The molecule has 84 valence electrons. The van der Waals surface area contributed by atoms with Crippen LogP contribution in [-0.2, 0) is 9.59 Å². The van der Waals surface area contributed by atoms with Gasteiger partial charge in [-0.05, 0) is 19.1 Å². The second-order valence-electron chi connectivity index (χ2n) is 3.14. The van der Waals surface area contributed by atoms with Crippen LogP contribution in [-0.4, -0.2) is 22.1 Å². The number of carbonyl (C=O) groups is 2. The number of para-hydroxylation sites is 2. The minimum atomic E-state index is -1.19. The van der Waals surface area contributed by atoms with Gasteiger partial charge in [-0.25, -0.2) is 4.79 Å². The molecule has 0 aliphatic rings. The zero-order valence-electron chi connectivity index (χ0n) is 8.60. The Kier molecular flexibility index (Phi) is 3.66. The Morgan fingerprint density at radius 1 is 1.31 bits per heavy atom. The third-order valence-corrected chi connectivity index (χ3v) is 1.85. The molecule has 0 heterocycles. The average Bonchev–Trinajstić information content (AvgIpc) is 2.20. The van der Waals surface area contributed by atoms with Crippen LogP contribution < -0.4 is 5.32 Å². The Morgan fingerprint density at radius 2 is 1.94 bits per heavy atom. The molecular formula is C11H11NO4. The van der Waals surface area contributed by atoms with Crippen molar-refractivity contribution in [2.45, 2.75) is 6.92 Å². The monoisotopic (exact) mass is 221 g/mol. The number of hydrogen-bond donors (Lipinski definition) is 3. The van der Waals surface area contributed by atoms with E-state index < -0.39 is 11.9 Å². The van der Waals surface area contributed by atoms with E-state index in [0.29, 0.717) is 0 Å². The molecule has 16 heavy (non-hydrogen) atoms. The lowest BCUT2D eigenvalue weighted by Crippen LogP contribution is -2.13. The van der Waals surface area contributed by atoms with Crippen LogP contribution in [0.2, 0.25) is 0 Å². The number of hydrogen-bond acceptors (Lipinski definition) is 3. The van der Waals surface area contributed by atoms with Crippen LogP contribution in [0.15, 0.2) is 35.9 Å². The molecule has 0 unspecified atom stereocenters. The highest BCUT2D eigenvalue weighted by Gasteiger charge is 2.08. The van der Waals surface area contributed by atoms with Crippen molar-refractivity contribution in [3.05, 3.63) is 35.9 Å². The van der Waals surface area contributed by atoms with Crippen molar-refractivity contribution in [1.82, 2.24) is 0 Å². The first kappa shape index (κ1) is 11.8. The van der Waals surface area contributed by atoms with Gasteiger partial charge in [0.25, 0.3) is 5.91 Å². The number of phenols is 1. The Hall–Kier alpha value is -2.30. The van der Waals surface area contributed by atoms with Crippen molar-refractivity contribution in [2.24, 2.45) is 0 Å². The molecule has 0 bridgehead atoms. The second kappa shape index (κ2) is 4.97. The Morgan fingerprint density at radius 3 is 2.50 bits per heavy atom. The first-order chi connectivity index (χ1) is 7.50. The molecule has 0 spiro atoms. The van der Waals surface area contributed by atoms with Gasteiger partial charge in [0.15, 0.2) is 0 Å². The molecule has 3 N–H and O–H groups in total. The van der Waals surface area contributed by atoms with Gasteiger partial charge in [0.1, 0.15) is 5.75 Å². The first-order valence-electron chi connectivity index (χ1n) is 4.51. The lowest BCUT2D eigenvalue weighted by atomic mass is 10.2. The minimum Gasteiger partial charge on any atom is -0.506 e. The summed E-state index contributed by atoms with van der Waals surface area (Å²) in [7, 11) is 0. The molecule has 1 amide bonds. The van der Waals surface area contributed by atoms with E-state index in [9.17, 15) is 14.7 Å². The fourth-order valence-corrected chi connectivity index (χ4v) is 1.05. The summed E-state index contributed by atoms with van der Waals surface area (Å²) in [5, 5.41) is 20.2. The zero-order valence-corrected chi connectivity index (χ0v) is 8.60. The summed E-state index contributed by atoms with van der Waals surface area (Å²) in [5.41, 5.74) is 0.293. The predicted molar refractivity (Wildman–Crippen MR) is 58.1 cm³/mol. The Labute approximate surface area is 92.0 Å². The van der Waals surface area contributed by atoms with Gasteiger partial charge >= 0.3 is 5.97 Å². The maximum atomic E-state index is 11.4. The summed E-state index contributed by atoms with van der Waals surface area (Å²) in [4.78, 5) is 21.8. The van der Waals surface area contributed by atoms with Gasteiger partial charge in [-0.1, -0.05) is 12.1 Å². The highest BCUT2D eigenvalue weighted by molar-refractivity contribution is 6.06. The standard InChI is InChI=1S/C11H11NO4/c1-7(6-10(14)15)11(16)12-8-4-2-3-5-9(8)13/h2-6,13H,1H3,(H,12,16)(H,14,15)/b7-6-. The predicted octanol–water partition coefficient (Wildman–Crippen LogP) is 1.36. The summed E-state index contributed by atoms with van der Waals surface area (Å²) in [6.45, 7) is 1.38. The van der Waals surface area contributed by atoms with Crippen molar-refractivity contribution in [3.63, 3.8) is 0 Å². The summed E-state index contributed by atoms with van der Waals surface area (Å²) in [5.74, 6) is -1.83. The van der Waals surface area contributed by atoms with Crippen LogP contribution in [0.3, 0.4) is 0 Å².